The highest BCUT2D eigenvalue weighted by molar-refractivity contribution is 8.26. The Morgan fingerprint density at radius 1 is 0.929 bits per heavy atom. The molecular formula is C25H32Cl2F2N2O10S. The molecule has 0 heterocycles. The first-order valence-corrected chi connectivity index (χ1v) is 14.1. The van der Waals surface area contributed by atoms with Gasteiger partial charge < -0.3 is 35.1 Å². The second-order valence-electron chi connectivity index (χ2n) is 8.55. The quantitative estimate of drug-likeness (QED) is 0.154. The Morgan fingerprint density at radius 2 is 1.40 bits per heavy atom. The lowest BCUT2D eigenvalue weighted by molar-refractivity contribution is -0.145. The molecule has 0 saturated heterocycles. The minimum atomic E-state index is -1.67. The molecule has 2 aromatic rings. The fraction of sp³-hybridized carbons (Fsp3) is 0.360. The predicted octanol–water partition coefficient (Wildman–Crippen LogP) is 4.15. The highest BCUT2D eigenvalue weighted by atomic mass is 36.0. The van der Waals surface area contributed by atoms with Crippen LogP contribution in [0, 0.1) is 11.6 Å². The van der Waals surface area contributed by atoms with Crippen LogP contribution in [-0.2, 0) is 44.5 Å². The average molecular weight is 662 g/mol. The van der Waals surface area contributed by atoms with Gasteiger partial charge in [0, 0.05) is 51.5 Å². The Bertz CT molecular complexity index is 1200. The highest BCUT2D eigenvalue weighted by Gasteiger charge is 2.28. The Hall–Kier alpha value is -3.53. The van der Waals surface area contributed by atoms with Crippen LogP contribution >= 0.6 is 21.4 Å². The molecular weight excluding hydrogens is 629 g/mol. The molecule has 0 aliphatic rings. The normalized spacial score (nSPS) is 10.2. The zero-order valence-corrected chi connectivity index (χ0v) is 25.7. The van der Waals surface area contributed by atoms with Gasteiger partial charge in [0.15, 0.2) is 11.6 Å². The number of ether oxygens (including phenoxy) is 3. The number of halogens is 4. The third-order valence-corrected chi connectivity index (χ3v) is 4.61. The smallest absolute Gasteiger partial charge is 0.330 e. The molecule has 236 valence electrons. The molecule has 0 aliphatic carbocycles. The zero-order valence-electron chi connectivity index (χ0n) is 23.4. The molecule has 0 unspecified atom stereocenters. The van der Waals surface area contributed by atoms with Crippen molar-refractivity contribution in [3.05, 3.63) is 53.6 Å². The molecule has 0 atom stereocenters. The van der Waals surface area contributed by atoms with Gasteiger partial charge in [-0.25, -0.2) is 22.6 Å². The van der Waals surface area contributed by atoms with E-state index in [-0.39, 0.29) is 36.6 Å². The van der Waals surface area contributed by atoms with E-state index in [0.717, 1.165) is 13.2 Å². The third kappa shape index (κ3) is 16.0. The van der Waals surface area contributed by atoms with E-state index >= 15 is 0 Å². The van der Waals surface area contributed by atoms with Gasteiger partial charge in [-0.2, -0.15) is 0 Å². The van der Waals surface area contributed by atoms with Crippen molar-refractivity contribution in [3.8, 4) is 5.75 Å². The molecule has 2 aromatic carbocycles. The first-order chi connectivity index (χ1) is 19.5. The molecule has 0 radical (unpaired) electrons. The number of aliphatic hydroxyl groups excluding tert-OH is 1. The Labute approximate surface area is 252 Å². The van der Waals surface area contributed by atoms with Crippen LogP contribution in [0.4, 0.5) is 20.2 Å². The van der Waals surface area contributed by atoms with E-state index < -0.39 is 43.9 Å². The summed E-state index contributed by atoms with van der Waals surface area (Å²) < 4.78 is 49.6. The number of carbonyl (C=O) groups is 4. The summed E-state index contributed by atoms with van der Waals surface area (Å²) in [5.41, 5.74) is -1.22. The number of methoxy groups -OCH3 is 1. The van der Waals surface area contributed by atoms with Crippen molar-refractivity contribution < 1.29 is 56.6 Å². The van der Waals surface area contributed by atoms with Gasteiger partial charge in [-0.05, 0) is 52.0 Å². The fourth-order valence-electron chi connectivity index (χ4n) is 2.67. The van der Waals surface area contributed by atoms with Crippen LogP contribution in [0.25, 0.3) is 0 Å². The number of hydrogen-bond acceptors (Lipinski definition) is 11. The van der Waals surface area contributed by atoms with Gasteiger partial charge in [-0.3, -0.25) is 9.59 Å². The molecule has 2 rings (SSSR count). The maximum atomic E-state index is 13.7. The second kappa shape index (κ2) is 20.4. The maximum Gasteiger partial charge on any atom is 0.330 e. The number of rotatable bonds is 11. The number of hydrogen-bond donors (Lipinski definition) is 4. The minimum absolute atomic E-state index is 0.118. The summed E-state index contributed by atoms with van der Waals surface area (Å²) in [4.78, 5) is 42.4. The van der Waals surface area contributed by atoms with E-state index in [2.05, 4.69) is 46.2 Å². The monoisotopic (exact) mass is 660 g/mol. The topological polar surface area (TPSA) is 178 Å². The van der Waals surface area contributed by atoms with Crippen LogP contribution in [-0.4, -0.2) is 64.6 Å². The SMILES string of the molecule is CC(C)(Nc1ccc(OC=O)c(F)c1)C(=O)O.CO.COC(=O)C(C)(C)Nc1ccc(COC=O)c(F)c1.O=S(Cl)Cl. The van der Waals surface area contributed by atoms with Crippen molar-refractivity contribution in [3.63, 3.8) is 0 Å². The molecule has 12 nitrogen and oxygen atoms in total. The average Bonchev–Trinajstić information content (AvgIpc) is 2.90. The summed E-state index contributed by atoms with van der Waals surface area (Å²) in [6.45, 7) is 6.39. The molecule has 4 N–H and O–H groups in total. The van der Waals surface area contributed by atoms with E-state index in [1.54, 1.807) is 19.9 Å². The van der Waals surface area contributed by atoms with Crippen molar-refractivity contribution in [1.29, 1.82) is 0 Å². The molecule has 17 heteroatoms. The van der Waals surface area contributed by atoms with Crippen molar-refractivity contribution in [2.45, 2.75) is 45.4 Å². The van der Waals surface area contributed by atoms with E-state index in [1.165, 1.54) is 45.2 Å². The lowest BCUT2D eigenvalue weighted by Crippen LogP contribution is -2.41. The summed E-state index contributed by atoms with van der Waals surface area (Å²) in [5.74, 6) is -3.00. The first kappa shape index (κ1) is 40.6. The van der Waals surface area contributed by atoms with Crippen LogP contribution in [0.15, 0.2) is 36.4 Å². The van der Waals surface area contributed by atoms with Crippen LogP contribution in [0.3, 0.4) is 0 Å². The Balaban J connectivity index is 0. The first-order valence-electron chi connectivity index (χ1n) is 11.3. The van der Waals surface area contributed by atoms with Crippen LogP contribution in [0.2, 0.25) is 0 Å². The maximum absolute atomic E-state index is 13.7. The van der Waals surface area contributed by atoms with Gasteiger partial charge in [0.2, 0.25) is 9.23 Å². The van der Waals surface area contributed by atoms with E-state index in [1.807, 2.05) is 0 Å². The van der Waals surface area contributed by atoms with Gasteiger partial charge in [-0.1, -0.05) is 6.07 Å². The van der Waals surface area contributed by atoms with Crippen LogP contribution in [0.5, 0.6) is 5.75 Å². The summed E-state index contributed by atoms with van der Waals surface area (Å²) in [5, 5.41) is 21.4. The fourth-order valence-corrected chi connectivity index (χ4v) is 2.67. The van der Waals surface area contributed by atoms with Crippen molar-refractivity contribution in [2.24, 2.45) is 0 Å². The van der Waals surface area contributed by atoms with Gasteiger partial charge in [0.1, 0.15) is 23.5 Å². The lowest BCUT2D eigenvalue weighted by atomic mass is 10.1. The van der Waals surface area contributed by atoms with Crippen LogP contribution in [0.1, 0.15) is 33.3 Å². The molecule has 0 saturated carbocycles. The predicted molar refractivity (Wildman–Crippen MR) is 153 cm³/mol. The number of carbonyl (C=O) groups excluding carboxylic acids is 3. The van der Waals surface area contributed by atoms with Crippen LogP contribution < -0.4 is 15.4 Å². The molecule has 42 heavy (non-hydrogen) atoms. The van der Waals surface area contributed by atoms with E-state index in [0.29, 0.717) is 5.69 Å². The van der Waals surface area contributed by atoms with Gasteiger partial charge in [0.05, 0.1) is 7.11 Å². The number of carboxylic acids is 1. The highest BCUT2D eigenvalue weighted by Crippen LogP contribution is 2.23. The number of benzene rings is 2. The number of carboxylic acid groups (broad SMARTS) is 1. The van der Waals surface area contributed by atoms with Crippen molar-refractivity contribution in [2.75, 3.05) is 24.9 Å². The molecule has 0 aliphatic heterocycles. The Kier molecular flexibility index (Phi) is 19.7. The summed E-state index contributed by atoms with van der Waals surface area (Å²) in [6.07, 6.45) is 0. The third-order valence-electron chi connectivity index (χ3n) is 4.61. The summed E-state index contributed by atoms with van der Waals surface area (Å²) in [6, 6.07) is 8.03. The molecule has 0 bridgehead atoms. The number of aliphatic carboxylic acids is 1. The number of anilines is 2. The zero-order chi connectivity index (χ0) is 33.1. The summed E-state index contributed by atoms with van der Waals surface area (Å²) >= 11 is 0. The number of nitrogens with one attached hydrogen (secondary N) is 2. The molecule has 0 fully saturated rings. The summed E-state index contributed by atoms with van der Waals surface area (Å²) in [7, 11) is 9.64. The molecule has 0 spiro atoms. The van der Waals surface area contributed by atoms with Gasteiger partial charge in [0.25, 0.3) is 12.9 Å². The standard InChI is InChI=1S/C13H16FNO4.C11H12FNO4.CH4O.Cl2OS/c1-13(2,12(17)18-3)15-10-5-4-9(7-19-8-16)11(14)6-10;1-11(2,10(15)16)13-7-3-4-9(17-6-14)8(12)5-7;1-2;1-4(2)3/h4-6,8,15H,7H2,1-3H3;3-6,13H,1-2H3,(H,15,16);2H,1H3;. The van der Waals surface area contributed by atoms with Gasteiger partial charge in [-0.15, -0.1) is 0 Å². The minimum Gasteiger partial charge on any atom is -0.480 e. The largest absolute Gasteiger partial charge is 0.480 e. The number of aliphatic hydroxyl groups is 1. The van der Waals surface area contributed by atoms with Crippen molar-refractivity contribution >= 4 is 66.8 Å². The van der Waals surface area contributed by atoms with E-state index in [4.69, 9.17) is 14.4 Å². The van der Waals surface area contributed by atoms with Crippen molar-refractivity contribution in [1.82, 2.24) is 0 Å². The lowest BCUT2D eigenvalue weighted by Gasteiger charge is -2.24. The second-order valence-corrected chi connectivity index (χ2v) is 11.1. The Morgan fingerprint density at radius 3 is 1.81 bits per heavy atom. The number of esters is 1. The van der Waals surface area contributed by atoms with E-state index in [9.17, 15) is 28.0 Å². The molecule has 0 amide bonds. The van der Waals surface area contributed by atoms with Gasteiger partial charge >= 0.3 is 11.9 Å². The molecule has 0 aromatic heterocycles.